The molecule has 0 spiro atoms. The summed E-state index contributed by atoms with van der Waals surface area (Å²) in [6, 6.07) is 3.96. The van der Waals surface area contributed by atoms with Crippen LogP contribution in [0, 0.1) is 5.92 Å². The van der Waals surface area contributed by atoms with E-state index in [0.717, 1.165) is 25.2 Å². The molecule has 0 radical (unpaired) electrons. The lowest BCUT2D eigenvalue weighted by molar-refractivity contribution is 0.501. The zero-order chi connectivity index (χ0) is 10.2. The smallest absolute Gasteiger partial charge is 0.0371 e. The minimum Gasteiger partial charge on any atom is -0.385 e. The predicted molar refractivity (Wildman–Crippen MR) is 60.2 cm³/mol. The molecule has 1 unspecified atom stereocenters. The van der Waals surface area contributed by atoms with Crippen LogP contribution in [0.2, 0.25) is 0 Å². The van der Waals surface area contributed by atoms with Crippen molar-refractivity contribution in [3.8, 4) is 0 Å². The highest BCUT2D eigenvalue weighted by atomic mass is 14.9. The van der Waals surface area contributed by atoms with Gasteiger partial charge in [0.25, 0.3) is 0 Å². The number of rotatable bonds is 6. The maximum Gasteiger partial charge on any atom is 0.0371 e. The fourth-order valence-corrected chi connectivity index (χ4v) is 1.42. The minimum absolute atomic E-state index is 0.674. The van der Waals surface area contributed by atoms with Gasteiger partial charge in [-0.1, -0.05) is 13.3 Å². The van der Waals surface area contributed by atoms with Crippen LogP contribution in [-0.2, 0) is 0 Å². The Balaban J connectivity index is 2.32. The summed E-state index contributed by atoms with van der Waals surface area (Å²) in [7, 11) is 0. The highest BCUT2D eigenvalue weighted by Crippen LogP contribution is 2.10. The van der Waals surface area contributed by atoms with Gasteiger partial charge in [0.1, 0.15) is 0 Å². The SMILES string of the molecule is CCC(CCN)CNc1ccncc1. The van der Waals surface area contributed by atoms with Gasteiger partial charge in [-0.3, -0.25) is 4.98 Å². The third kappa shape index (κ3) is 3.75. The molecule has 0 fully saturated rings. The van der Waals surface area contributed by atoms with E-state index in [-0.39, 0.29) is 0 Å². The number of nitrogens with one attached hydrogen (secondary N) is 1. The number of aromatic nitrogens is 1. The molecule has 78 valence electrons. The van der Waals surface area contributed by atoms with Crippen molar-refractivity contribution in [3.05, 3.63) is 24.5 Å². The van der Waals surface area contributed by atoms with Gasteiger partial charge >= 0.3 is 0 Å². The average molecular weight is 193 g/mol. The zero-order valence-electron chi connectivity index (χ0n) is 8.74. The summed E-state index contributed by atoms with van der Waals surface area (Å²) in [5.41, 5.74) is 6.67. The summed E-state index contributed by atoms with van der Waals surface area (Å²) in [4.78, 5) is 3.97. The molecule has 1 heterocycles. The molecular weight excluding hydrogens is 174 g/mol. The molecule has 3 nitrogen and oxygen atoms in total. The summed E-state index contributed by atoms with van der Waals surface area (Å²) < 4.78 is 0. The van der Waals surface area contributed by atoms with Gasteiger partial charge in [0, 0.05) is 24.6 Å². The van der Waals surface area contributed by atoms with Crippen molar-refractivity contribution in [3.63, 3.8) is 0 Å². The first-order chi connectivity index (χ1) is 6.86. The molecule has 0 aliphatic heterocycles. The van der Waals surface area contributed by atoms with Gasteiger partial charge in [-0.05, 0) is 31.0 Å². The van der Waals surface area contributed by atoms with Crippen molar-refractivity contribution in [2.24, 2.45) is 11.7 Å². The number of pyridine rings is 1. The van der Waals surface area contributed by atoms with E-state index < -0.39 is 0 Å². The van der Waals surface area contributed by atoms with Crippen LogP contribution in [0.3, 0.4) is 0 Å². The Bertz CT molecular complexity index is 236. The molecule has 3 heteroatoms. The predicted octanol–water partition coefficient (Wildman–Crippen LogP) is 1.87. The molecule has 1 atom stereocenters. The maximum absolute atomic E-state index is 5.54. The molecule has 1 rings (SSSR count). The van der Waals surface area contributed by atoms with Crippen molar-refractivity contribution in [2.45, 2.75) is 19.8 Å². The van der Waals surface area contributed by atoms with Gasteiger partial charge in [0.05, 0.1) is 0 Å². The summed E-state index contributed by atoms with van der Waals surface area (Å²) in [6.07, 6.45) is 5.86. The molecule has 0 aliphatic rings. The molecule has 0 bridgehead atoms. The molecule has 0 saturated carbocycles. The van der Waals surface area contributed by atoms with E-state index in [1.165, 1.54) is 6.42 Å². The molecule has 3 N–H and O–H groups in total. The molecule has 0 saturated heterocycles. The molecule has 14 heavy (non-hydrogen) atoms. The fraction of sp³-hybridized carbons (Fsp3) is 0.545. The summed E-state index contributed by atoms with van der Waals surface area (Å²) >= 11 is 0. The average Bonchev–Trinajstić information content (AvgIpc) is 2.25. The normalized spacial score (nSPS) is 12.4. The van der Waals surface area contributed by atoms with E-state index in [1.54, 1.807) is 12.4 Å². The van der Waals surface area contributed by atoms with Crippen molar-refractivity contribution >= 4 is 5.69 Å². The lowest BCUT2D eigenvalue weighted by atomic mass is 10.0. The van der Waals surface area contributed by atoms with Crippen LogP contribution in [0.1, 0.15) is 19.8 Å². The van der Waals surface area contributed by atoms with Gasteiger partial charge in [0.2, 0.25) is 0 Å². The highest BCUT2D eigenvalue weighted by molar-refractivity contribution is 5.40. The number of nitrogens with zero attached hydrogens (tertiary/aromatic N) is 1. The Morgan fingerprint density at radius 2 is 2.14 bits per heavy atom. The largest absolute Gasteiger partial charge is 0.385 e. The van der Waals surface area contributed by atoms with Crippen LogP contribution in [0.4, 0.5) is 5.69 Å². The van der Waals surface area contributed by atoms with Crippen molar-refractivity contribution in [1.82, 2.24) is 4.98 Å². The Labute approximate surface area is 85.7 Å². The van der Waals surface area contributed by atoms with E-state index in [4.69, 9.17) is 5.73 Å². The zero-order valence-corrected chi connectivity index (χ0v) is 8.74. The summed E-state index contributed by atoms with van der Waals surface area (Å²) in [5.74, 6) is 0.674. The van der Waals surface area contributed by atoms with Gasteiger partial charge in [-0.2, -0.15) is 0 Å². The second kappa shape index (κ2) is 6.38. The number of nitrogens with two attached hydrogens (primary N) is 1. The first-order valence-corrected chi connectivity index (χ1v) is 5.20. The van der Waals surface area contributed by atoms with Gasteiger partial charge in [0.15, 0.2) is 0 Å². The van der Waals surface area contributed by atoms with Crippen LogP contribution in [0.25, 0.3) is 0 Å². The Hall–Kier alpha value is -1.09. The van der Waals surface area contributed by atoms with Crippen LogP contribution < -0.4 is 11.1 Å². The third-order valence-electron chi connectivity index (χ3n) is 2.43. The Morgan fingerprint density at radius 3 is 2.71 bits per heavy atom. The lowest BCUT2D eigenvalue weighted by Crippen LogP contribution is -2.17. The van der Waals surface area contributed by atoms with Crippen LogP contribution in [0.15, 0.2) is 24.5 Å². The molecule has 0 amide bonds. The first kappa shape index (κ1) is 11.0. The van der Waals surface area contributed by atoms with Crippen LogP contribution in [-0.4, -0.2) is 18.1 Å². The Morgan fingerprint density at radius 1 is 1.43 bits per heavy atom. The van der Waals surface area contributed by atoms with E-state index in [2.05, 4.69) is 17.2 Å². The standard InChI is InChI=1S/C11H19N3/c1-2-10(3-6-12)9-14-11-4-7-13-8-5-11/h4-5,7-8,10H,2-3,6,9,12H2,1H3,(H,13,14). The van der Waals surface area contributed by atoms with Crippen LogP contribution in [0.5, 0.6) is 0 Å². The van der Waals surface area contributed by atoms with E-state index in [0.29, 0.717) is 5.92 Å². The van der Waals surface area contributed by atoms with Crippen molar-refractivity contribution in [1.29, 1.82) is 0 Å². The molecule has 1 aromatic heterocycles. The number of hydrogen-bond acceptors (Lipinski definition) is 3. The second-order valence-electron chi connectivity index (χ2n) is 3.47. The molecule has 0 aliphatic carbocycles. The number of anilines is 1. The highest BCUT2D eigenvalue weighted by Gasteiger charge is 2.03. The molecule has 0 aromatic carbocycles. The van der Waals surface area contributed by atoms with Crippen molar-refractivity contribution in [2.75, 3.05) is 18.4 Å². The maximum atomic E-state index is 5.54. The van der Waals surface area contributed by atoms with E-state index in [9.17, 15) is 0 Å². The van der Waals surface area contributed by atoms with E-state index >= 15 is 0 Å². The lowest BCUT2D eigenvalue weighted by Gasteiger charge is -2.15. The third-order valence-corrected chi connectivity index (χ3v) is 2.43. The monoisotopic (exact) mass is 193 g/mol. The summed E-state index contributed by atoms with van der Waals surface area (Å²) in [5, 5.41) is 3.38. The quantitative estimate of drug-likeness (QED) is 0.725. The summed E-state index contributed by atoms with van der Waals surface area (Å²) in [6.45, 7) is 3.98. The molecular formula is C11H19N3. The first-order valence-electron chi connectivity index (χ1n) is 5.20. The topological polar surface area (TPSA) is 50.9 Å². The van der Waals surface area contributed by atoms with Gasteiger partial charge < -0.3 is 11.1 Å². The van der Waals surface area contributed by atoms with Crippen molar-refractivity contribution < 1.29 is 0 Å². The molecule has 1 aromatic rings. The van der Waals surface area contributed by atoms with Gasteiger partial charge in [-0.15, -0.1) is 0 Å². The second-order valence-corrected chi connectivity index (χ2v) is 3.47. The number of hydrogen-bond donors (Lipinski definition) is 2. The van der Waals surface area contributed by atoms with Crippen LogP contribution >= 0.6 is 0 Å². The fourth-order valence-electron chi connectivity index (χ4n) is 1.42. The van der Waals surface area contributed by atoms with Gasteiger partial charge in [-0.25, -0.2) is 0 Å². The Kier molecular flexibility index (Phi) is 5.00. The van der Waals surface area contributed by atoms with E-state index in [1.807, 2.05) is 12.1 Å². The minimum atomic E-state index is 0.674.